The van der Waals surface area contributed by atoms with Gasteiger partial charge in [-0.2, -0.15) is 5.26 Å². The lowest BCUT2D eigenvalue weighted by Crippen LogP contribution is -2.36. The number of ether oxygens (including phenoxy) is 2. The summed E-state index contributed by atoms with van der Waals surface area (Å²) in [6.45, 7) is -1.41. The molecule has 0 atom stereocenters. The molecule has 0 aliphatic rings. The number of rotatable bonds is 8. The molecule has 0 aliphatic carbocycles. The highest BCUT2D eigenvalue weighted by Crippen LogP contribution is 2.16. The van der Waals surface area contributed by atoms with Crippen molar-refractivity contribution >= 4 is 23.5 Å². The molecule has 2 amide bonds. The Morgan fingerprint density at radius 3 is 2.43 bits per heavy atom. The maximum Gasteiger partial charge on any atom is 0.344 e. The van der Waals surface area contributed by atoms with Gasteiger partial charge in [0.25, 0.3) is 5.91 Å². The van der Waals surface area contributed by atoms with Crippen LogP contribution in [0.5, 0.6) is 5.75 Å². The second kappa shape index (κ2) is 10.3. The number of halogens is 1. The predicted molar refractivity (Wildman–Crippen MR) is 95.7 cm³/mol. The van der Waals surface area contributed by atoms with Crippen LogP contribution >= 0.6 is 0 Å². The molecule has 0 heterocycles. The van der Waals surface area contributed by atoms with E-state index in [1.165, 1.54) is 36.4 Å². The summed E-state index contributed by atoms with van der Waals surface area (Å²) in [5.74, 6) is -2.22. The fraction of sp³-hybridized carbons (Fsp3) is 0.158. The second-order valence-electron chi connectivity index (χ2n) is 5.39. The molecule has 28 heavy (non-hydrogen) atoms. The van der Waals surface area contributed by atoms with Crippen molar-refractivity contribution in [3.8, 4) is 11.8 Å². The lowest BCUT2D eigenvalue weighted by Gasteiger charge is -2.09. The Kier molecular flexibility index (Phi) is 7.48. The molecule has 2 N–H and O–H groups in total. The molecule has 0 aromatic heterocycles. The summed E-state index contributed by atoms with van der Waals surface area (Å²) in [7, 11) is 0. The van der Waals surface area contributed by atoms with E-state index in [9.17, 15) is 18.8 Å². The Hall–Kier alpha value is -3.93. The molecule has 0 saturated heterocycles. The van der Waals surface area contributed by atoms with Crippen molar-refractivity contribution in [2.75, 3.05) is 25.1 Å². The van der Waals surface area contributed by atoms with Crippen LogP contribution < -0.4 is 15.4 Å². The summed E-state index contributed by atoms with van der Waals surface area (Å²) in [4.78, 5) is 34.9. The van der Waals surface area contributed by atoms with E-state index in [1.54, 1.807) is 12.1 Å². The van der Waals surface area contributed by atoms with Crippen molar-refractivity contribution in [3.63, 3.8) is 0 Å². The summed E-state index contributed by atoms with van der Waals surface area (Å²) in [5.41, 5.74) is 0.641. The second-order valence-corrected chi connectivity index (χ2v) is 5.39. The van der Waals surface area contributed by atoms with Crippen LogP contribution in [0.1, 0.15) is 5.56 Å². The highest BCUT2D eigenvalue weighted by atomic mass is 19.1. The maximum atomic E-state index is 12.8. The number of nitrogens with one attached hydrogen (secondary N) is 2. The summed E-state index contributed by atoms with van der Waals surface area (Å²) in [5, 5.41) is 13.7. The zero-order valence-electron chi connectivity index (χ0n) is 14.6. The molecule has 2 aromatic rings. The Morgan fingerprint density at radius 2 is 1.71 bits per heavy atom. The first-order valence-electron chi connectivity index (χ1n) is 8.07. The highest BCUT2D eigenvalue weighted by Gasteiger charge is 2.11. The minimum absolute atomic E-state index is 0.226. The number of nitrogens with zero attached hydrogens (tertiary/aromatic N) is 1. The van der Waals surface area contributed by atoms with Crippen LogP contribution in [0.2, 0.25) is 0 Å². The summed E-state index contributed by atoms with van der Waals surface area (Å²) < 4.78 is 22.7. The summed E-state index contributed by atoms with van der Waals surface area (Å²) in [6.07, 6.45) is 0. The first-order chi connectivity index (χ1) is 13.5. The number of esters is 1. The smallest absolute Gasteiger partial charge is 0.344 e. The van der Waals surface area contributed by atoms with E-state index in [0.717, 1.165) is 0 Å². The predicted octanol–water partition coefficient (Wildman–Crippen LogP) is 1.37. The topological polar surface area (TPSA) is 118 Å². The lowest BCUT2D eigenvalue weighted by atomic mass is 10.2. The van der Waals surface area contributed by atoms with Crippen LogP contribution in [0, 0.1) is 17.1 Å². The first kappa shape index (κ1) is 20.4. The number of hydrogen-bond donors (Lipinski definition) is 2. The van der Waals surface area contributed by atoms with Crippen LogP contribution in [-0.2, 0) is 19.1 Å². The van der Waals surface area contributed by atoms with Crippen LogP contribution in [-0.4, -0.2) is 37.5 Å². The standard InChI is InChI=1S/C19H16FN3O5/c20-14-5-7-15(8-6-14)23-17(24)10-22-18(25)11-28-19(26)12-27-16-4-2-1-3-13(16)9-21/h1-8H,10-12H2,(H,22,25)(H,23,24). The van der Waals surface area contributed by atoms with Crippen LogP contribution in [0.3, 0.4) is 0 Å². The number of hydrogen-bond acceptors (Lipinski definition) is 6. The number of carbonyl (C=O) groups is 3. The zero-order valence-corrected chi connectivity index (χ0v) is 14.6. The minimum atomic E-state index is -0.807. The third-order valence-electron chi connectivity index (χ3n) is 3.29. The average molecular weight is 385 g/mol. The number of amides is 2. The van der Waals surface area contributed by atoms with Crippen molar-refractivity contribution in [2.45, 2.75) is 0 Å². The Morgan fingerprint density at radius 1 is 1.00 bits per heavy atom. The number of para-hydroxylation sites is 1. The quantitative estimate of drug-likeness (QED) is 0.663. The van der Waals surface area contributed by atoms with Gasteiger partial charge in [-0.3, -0.25) is 9.59 Å². The molecule has 0 saturated carbocycles. The van der Waals surface area contributed by atoms with E-state index in [0.29, 0.717) is 5.69 Å². The minimum Gasteiger partial charge on any atom is -0.481 e. The van der Waals surface area contributed by atoms with Gasteiger partial charge in [0.2, 0.25) is 5.91 Å². The molecule has 2 rings (SSSR count). The number of nitriles is 1. The fourth-order valence-electron chi connectivity index (χ4n) is 1.98. The van der Waals surface area contributed by atoms with E-state index < -0.39 is 36.8 Å². The lowest BCUT2D eigenvalue weighted by molar-refractivity contribution is -0.150. The first-order valence-corrected chi connectivity index (χ1v) is 8.07. The molecular weight excluding hydrogens is 369 g/mol. The third-order valence-corrected chi connectivity index (χ3v) is 3.29. The normalized spacial score (nSPS) is 9.71. The molecule has 2 aromatic carbocycles. The number of anilines is 1. The van der Waals surface area contributed by atoms with Crippen LogP contribution in [0.4, 0.5) is 10.1 Å². The fourth-order valence-corrected chi connectivity index (χ4v) is 1.98. The number of carbonyl (C=O) groups excluding carboxylic acids is 3. The largest absolute Gasteiger partial charge is 0.481 e. The van der Waals surface area contributed by atoms with Crippen LogP contribution in [0.25, 0.3) is 0 Å². The van der Waals surface area contributed by atoms with Gasteiger partial charge in [0, 0.05) is 5.69 Å². The molecule has 0 fully saturated rings. The SMILES string of the molecule is N#Cc1ccccc1OCC(=O)OCC(=O)NCC(=O)Nc1ccc(F)cc1. The molecule has 8 nitrogen and oxygen atoms in total. The van der Waals surface area contributed by atoms with E-state index in [-0.39, 0.29) is 17.9 Å². The van der Waals surface area contributed by atoms with Crippen molar-refractivity contribution in [1.82, 2.24) is 5.32 Å². The Balaban J connectivity index is 1.66. The molecule has 9 heteroatoms. The highest BCUT2D eigenvalue weighted by molar-refractivity contribution is 5.94. The van der Waals surface area contributed by atoms with E-state index in [4.69, 9.17) is 14.7 Å². The van der Waals surface area contributed by atoms with Gasteiger partial charge in [0.15, 0.2) is 13.2 Å². The van der Waals surface area contributed by atoms with Gasteiger partial charge in [-0.25, -0.2) is 9.18 Å². The van der Waals surface area contributed by atoms with Gasteiger partial charge in [0.1, 0.15) is 17.6 Å². The molecular formula is C19H16FN3O5. The Bertz CT molecular complexity index is 893. The monoisotopic (exact) mass is 385 g/mol. The van der Waals surface area contributed by atoms with Crippen molar-refractivity contribution in [2.24, 2.45) is 0 Å². The Labute approximate surface area is 159 Å². The molecule has 0 radical (unpaired) electrons. The van der Waals surface area contributed by atoms with Crippen molar-refractivity contribution < 1.29 is 28.2 Å². The van der Waals surface area contributed by atoms with Gasteiger partial charge in [-0.05, 0) is 36.4 Å². The van der Waals surface area contributed by atoms with Crippen molar-refractivity contribution in [3.05, 3.63) is 59.9 Å². The third kappa shape index (κ3) is 6.76. The zero-order chi connectivity index (χ0) is 20.4. The average Bonchev–Trinajstić information content (AvgIpc) is 2.71. The van der Waals surface area contributed by atoms with E-state index in [2.05, 4.69) is 10.6 Å². The van der Waals surface area contributed by atoms with Crippen LogP contribution in [0.15, 0.2) is 48.5 Å². The van der Waals surface area contributed by atoms with Crippen molar-refractivity contribution in [1.29, 1.82) is 5.26 Å². The van der Waals surface area contributed by atoms with Gasteiger partial charge < -0.3 is 20.1 Å². The maximum absolute atomic E-state index is 12.8. The molecule has 0 bridgehead atoms. The van der Waals surface area contributed by atoms with Gasteiger partial charge in [0.05, 0.1) is 12.1 Å². The van der Waals surface area contributed by atoms with E-state index >= 15 is 0 Å². The van der Waals surface area contributed by atoms with Gasteiger partial charge in [-0.1, -0.05) is 12.1 Å². The summed E-state index contributed by atoms with van der Waals surface area (Å²) in [6, 6.07) is 13.4. The number of benzene rings is 2. The molecule has 0 unspecified atom stereocenters. The van der Waals surface area contributed by atoms with E-state index in [1.807, 2.05) is 6.07 Å². The summed E-state index contributed by atoms with van der Waals surface area (Å²) >= 11 is 0. The van der Waals surface area contributed by atoms with Gasteiger partial charge >= 0.3 is 5.97 Å². The molecule has 144 valence electrons. The molecule has 0 spiro atoms. The van der Waals surface area contributed by atoms with Gasteiger partial charge in [-0.15, -0.1) is 0 Å². The molecule has 0 aliphatic heterocycles.